The van der Waals surface area contributed by atoms with Crippen LogP contribution in [0.1, 0.15) is 51.5 Å². The molecule has 1 unspecified atom stereocenters. The first-order chi connectivity index (χ1) is 14.0. The van der Waals surface area contributed by atoms with Gasteiger partial charge in [-0.3, -0.25) is 14.5 Å². The summed E-state index contributed by atoms with van der Waals surface area (Å²) in [6, 6.07) is 10.6. The summed E-state index contributed by atoms with van der Waals surface area (Å²) in [6.07, 6.45) is 6.12. The second-order valence-electron chi connectivity index (χ2n) is 8.95. The molecule has 0 bridgehead atoms. The number of carbonyl (C=O) groups is 2. The van der Waals surface area contributed by atoms with Gasteiger partial charge in [-0.1, -0.05) is 36.4 Å². The van der Waals surface area contributed by atoms with Gasteiger partial charge in [0.15, 0.2) is 0 Å². The van der Waals surface area contributed by atoms with E-state index in [1.165, 1.54) is 0 Å². The number of carbonyl (C=O) groups excluding carboxylic acids is 2. The smallest absolute Gasteiger partial charge is 0.234 e. The number of amides is 2. The molecule has 2 amide bonds. The largest absolute Gasteiger partial charge is 0.339 e. The van der Waals surface area contributed by atoms with E-state index in [0.29, 0.717) is 25.4 Å². The van der Waals surface area contributed by atoms with Crippen molar-refractivity contribution in [3.8, 4) is 0 Å². The molecule has 0 saturated carbocycles. The second kappa shape index (κ2) is 8.31. The minimum absolute atomic E-state index is 0.148. The van der Waals surface area contributed by atoms with Crippen LogP contribution in [0.4, 0.5) is 0 Å². The van der Waals surface area contributed by atoms with Gasteiger partial charge in [0.25, 0.3) is 0 Å². The van der Waals surface area contributed by atoms with E-state index >= 15 is 0 Å². The average molecular weight is 396 g/mol. The van der Waals surface area contributed by atoms with E-state index in [1.54, 1.807) is 0 Å². The maximum atomic E-state index is 13.8. The van der Waals surface area contributed by atoms with Crippen molar-refractivity contribution in [1.82, 2.24) is 14.7 Å². The van der Waals surface area contributed by atoms with Crippen molar-refractivity contribution in [1.29, 1.82) is 0 Å². The molecular formula is C24H33N3O2. The first kappa shape index (κ1) is 20.1. The van der Waals surface area contributed by atoms with E-state index in [1.807, 2.05) is 23.1 Å². The van der Waals surface area contributed by atoms with Gasteiger partial charge in [-0.15, -0.1) is 0 Å². The van der Waals surface area contributed by atoms with Crippen LogP contribution in [0.2, 0.25) is 0 Å². The van der Waals surface area contributed by atoms with Gasteiger partial charge < -0.3 is 9.80 Å². The quantitative estimate of drug-likeness (QED) is 0.785. The normalized spacial score (nSPS) is 25.8. The molecule has 4 rings (SSSR count). The van der Waals surface area contributed by atoms with Crippen LogP contribution in [0, 0.1) is 5.41 Å². The summed E-state index contributed by atoms with van der Waals surface area (Å²) in [6.45, 7) is 8.44. The van der Waals surface area contributed by atoms with Crippen LogP contribution in [0.5, 0.6) is 0 Å². The standard InChI is InChI=1S/C24H33N3O2/c1-19(2)25-14-16-26(17-15-25)23(29)24-12-7-6-10-21(24)27(22(28)11-13-24)18-20-8-4-3-5-9-20/h3-5,8-10,19H,6-7,11-18H2,1-2H3. The molecule has 0 radical (unpaired) electrons. The van der Waals surface area contributed by atoms with Crippen molar-refractivity contribution < 1.29 is 9.59 Å². The second-order valence-corrected chi connectivity index (χ2v) is 8.95. The number of benzene rings is 1. The Morgan fingerprint density at radius 1 is 1.07 bits per heavy atom. The fraction of sp³-hybridized carbons (Fsp3) is 0.583. The van der Waals surface area contributed by atoms with Crippen LogP contribution in [-0.2, 0) is 16.1 Å². The van der Waals surface area contributed by atoms with Crippen LogP contribution in [0.25, 0.3) is 0 Å². The molecule has 0 aromatic heterocycles. The highest BCUT2D eigenvalue weighted by Gasteiger charge is 2.51. The molecule has 1 aromatic carbocycles. The first-order valence-electron chi connectivity index (χ1n) is 11.1. The molecule has 0 spiro atoms. The van der Waals surface area contributed by atoms with Crippen LogP contribution >= 0.6 is 0 Å². The predicted octanol–water partition coefficient (Wildman–Crippen LogP) is 3.42. The summed E-state index contributed by atoms with van der Waals surface area (Å²) in [5.41, 5.74) is 1.57. The van der Waals surface area contributed by atoms with Crippen LogP contribution in [0.3, 0.4) is 0 Å². The molecule has 2 fully saturated rings. The van der Waals surface area contributed by atoms with Crippen molar-refractivity contribution >= 4 is 11.8 Å². The Kier molecular flexibility index (Phi) is 5.77. The number of piperazine rings is 1. The van der Waals surface area contributed by atoms with Crippen molar-refractivity contribution in [3.05, 3.63) is 47.7 Å². The third kappa shape index (κ3) is 3.85. The lowest BCUT2D eigenvalue weighted by Crippen LogP contribution is -2.58. The Balaban J connectivity index is 1.58. The fourth-order valence-electron chi connectivity index (χ4n) is 5.18. The topological polar surface area (TPSA) is 43.9 Å². The molecule has 2 heterocycles. The lowest BCUT2D eigenvalue weighted by atomic mass is 9.68. The summed E-state index contributed by atoms with van der Waals surface area (Å²) in [7, 11) is 0. The Hall–Kier alpha value is -2.14. The predicted molar refractivity (Wildman–Crippen MR) is 114 cm³/mol. The van der Waals surface area contributed by atoms with E-state index < -0.39 is 5.41 Å². The van der Waals surface area contributed by atoms with Crippen molar-refractivity contribution in [2.24, 2.45) is 5.41 Å². The first-order valence-corrected chi connectivity index (χ1v) is 11.1. The summed E-state index contributed by atoms with van der Waals surface area (Å²) in [5, 5.41) is 0. The summed E-state index contributed by atoms with van der Waals surface area (Å²) in [4.78, 5) is 33.1. The Bertz CT molecular complexity index is 781. The maximum Gasteiger partial charge on any atom is 0.234 e. The van der Waals surface area contributed by atoms with Gasteiger partial charge in [0.2, 0.25) is 11.8 Å². The molecule has 2 saturated heterocycles. The molecule has 1 atom stereocenters. The molecular weight excluding hydrogens is 362 g/mol. The van der Waals surface area contributed by atoms with Gasteiger partial charge >= 0.3 is 0 Å². The number of allylic oxidation sites excluding steroid dienone is 1. The van der Waals surface area contributed by atoms with Crippen molar-refractivity contribution in [2.75, 3.05) is 26.2 Å². The fourth-order valence-corrected chi connectivity index (χ4v) is 5.18. The highest BCUT2D eigenvalue weighted by atomic mass is 16.2. The highest BCUT2D eigenvalue weighted by molar-refractivity contribution is 5.91. The molecule has 156 valence electrons. The zero-order chi connectivity index (χ0) is 20.4. The molecule has 1 aromatic rings. The maximum absolute atomic E-state index is 13.8. The minimum Gasteiger partial charge on any atom is -0.339 e. The third-order valence-electron chi connectivity index (χ3n) is 6.92. The Morgan fingerprint density at radius 2 is 1.79 bits per heavy atom. The lowest BCUT2D eigenvalue weighted by Gasteiger charge is -2.49. The monoisotopic (exact) mass is 395 g/mol. The van der Waals surface area contributed by atoms with Crippen LogP contribution < -0.4 is 0 Å². The molecule has 5 heteroatoms. The number of likely N-dealkylation sites (tertiary alicyclic amines) is 1. The number of fused-ring (bicyclic) bond motifs is 1. The molecule has 3 aliphatic rings. The average Bonchev–Trinajstić information content (AvgIpc) is 2.76. The van der Waals surface area contributed by atoms with Crippen LogP contribution in [-0.4, -0.2) is 58.7 Å². The summed E-state index contributed by atoms with van der Waals surface area (Å²) in [5.74, 6) is 0.396. The number of nitrogens with zero attached hydrogens (tertiary/aromatic N) is 3. The highest BCUT2D eigenvalue weighted by Crippen LogP contribution is 2.48. The summed E-state index contributed by atoms with van der Waals surface area (Å²) < 4.78 is 0. The zero-order valence-corrected chi connectivity index (χ0v) is 17.8. The van der Waals surface area contributed by atoms with E-state index in [-0.39, 0.29) is 11.8 Å². The van der Waals surface area contributed by atoms with Crippen molar-refractivity contribution in [3.63, 3.8) is 0 Å². The van der Waals surface area contributed by atoms with Gasteiger partial charge in [-0.25, -0.2) is 0 Å². The lowest BCUT2D eigenvalue weighted by molar-refractivity contribution is -0.149. The third-order valence-corrected chi connectivity index (χ3v) is 6.92. The molecule has 1 aliphatic carbocycles. The van der Waals surface area contributed by atoms with E-state index in [9.17, 15) is 9.59 Å². The minimum atomic E-state index is -0.513. The number of rotatable bonds is 4. The number of hydrogen-bond donors (Lipinski definition) is 0. The Morgan fingerprint density at radius 3 is 2.48 bits per heavy atom. The van der Waals surface area contributed by atoms with E-state index in [4.69, 9.17) is 0 Å². The number of piperidine rings is 1. The molecule has 29 heavy (non-hydrogen) atoms. The van der Waals surface area contributed by atoms with Crippen molar-refractivity contribution in [2.45, 2.75) is 58.5 Å². The van der Waals surface area contributed by atoms with Gasteiger partial charge in [0.1, 0.15) is 0 Å². The molecule has 5 nitrogen and oxygen atoms in total. The molecule has 0 N–H and O–H groups in total. The molecule has 2 aliphatic heterocycles. The van der Waals surface area contributed by atoms with Gasteiger partial charge in [-0.2, -0.15) is 0 Å². The number of hydrogen-bond acceptors (Lipinski definition) is 3. The van der Waals surface area contributed by atoms with E-state index in [0.717, 1.165) is 56.7 Å². The zero-order valence-electron chi connectivity index (χ0n) is 17.8. The van der Waals surface area contributed by atoms with Gasteiger partial charge in [0.05, 0.1) is 12.0 Å². The Labute approximate surface area is 174 Å². The summed E-state index contributed by atoms with van der Waals surface area (Å²) >= 11 is 0. The van der Waals surface area contributed by atoms with Gasteiger partial charge in [-0.05, 0) is 45.1 Å². The van der Waals surface area contributed by atoms with Crippen LogP contribution in [0.15, 0.2) is 42.1 Å². The van der Waals surface area contributed by atoms with E-state index in [2.05, 4.69) is 41.9 Å². The SMILES string of the molecule is CC(C)N1CCN(C(=O)C23CCCC=C2N(Cc2ccccc2)C(=O)CC3)CC1. The van der Waals surface area contributed by atoms with Gasteiger partial charge in [0, 0.05) is 44.3 Å².